The number of rotatable bonds is 10. The monoisotopic (exact) mass is 537 g/mol. The summed E-state index contributed by atoms with van der Waals surface area (Å²) in [6.07, 6.45) is 1.39. The van der Waals surface area contributed by atoms with Crippen LogP contribution in [0, 0.1) is 0 Å². The molecule has 0 unspecified atom stereocenters. The Bertz CT molecular complexity index is 1430. The van der Waals surface area contributed by atoms with Crippen LogP contribution in [0.15, 0.2) is 60.9 Å². The molecule has 0 aliphatic rings. The van der Waals surface area contributed by atoms with E-state index in [9.17, 15) is 4.79 Å². The predicted molar refractivity (Wildman–Crippen MR) is 147 cm³/mol. The second kappa shape index (κ2) is 12.4. The number of aliphatic hydroxyl groups excluding tert-OH is 1. The van der Waals surface area contributed by atoms with Crippen molar-refractivity contribution < 1.29 is 24.1 Å². The summed E-state index contributed by atoms with van der Waals surface area (Å²) in [4.78, 5) is 23.1. The van der Waals surface area contributed by atoms with Crippen LogP contribution in [0.4, 0.5) is 16.2 Å². The quantitative estimate of drug-likeness (QED) is 0.254. The fourth-order valence-corrected chi connectivity index (χ4v) is 4.02. The maximum atomic E-state index is 12.6. The predicted octanol–water partition coefficient (Wildman–Crippen LogP) is 5.16. The number of ether oxygens (including phenoxy) is 3. The summed E-state index contributed by atoms with van der Waals surface area (Å²) < 4.78 is 16.7. The Kier molecular flexibility index (Phi) is 8.80. The number of likely N-dealkylation sites (N-methyl/N-ethyl adjacent to an activating group) is 1. The first-order valence-electron chi connectivity index (χ1n) is 11.7. The van der Waals surface area contributed by atoms with Gasteiger partial charge in [0.05, 0.1) is 42.4 Å². The minimum absolute atomic E-state index is 0.0844. The van der Waals surface area contributed by atoms with Gasteiger partial charge in [0.2, 0.25) is 5.88 Å². The number of nitrogens with zero attached hydrogens (tertiary/aromatic N) is 3. The number of aliphatic hydroxyl groups is 1. The topological polar surface area (TPSA) is 118 Å². The lowest BCUT2D eigenvalue weighted by Gasteiger charge is -2.16. The summed E-state index contributed by atoms with van der Waals surface area (Å²) in [5.41, 5.74) is 2.68. The molecule has 4 rings (SSSR count). The molecule has 0 bridgehead atoms. The Labute approximate surface area is 225 Å². The average Bonchev–Trinajstić information content (AvgIpc) is 2.90. The number of aromatic nitrogens is 2. The molecule has 198 valence electrons. The Balaban J connectivity index is 1.44. The average molecular weight is 538 g/mol. The lowest BCUT2D eigenvalue weighted by molar-refractivity contribution is 0.217. The summed E-state index contributed by atoms with van der Waals surface area (Å²) in [7, 11) is 5.01. The minimum Gasteiger partial charge on any atom is -0.493 e. The second-order valence-electron chi connectivity index (χ2n) is 8.39. The minimum atomic E-state index is -0.440. The third-order valence-electron chi connectivity index (χ3n) is 5.63. The van der Waals surface area contributed by atoms with Gasteiger partial charge in [0, 0.05) is 30.9 Å². The van der Waals surface area contributed by atoms with Crippen LogP contribution in [-0.4, -0.2) is 60.4 Å². The van der Waals surface area contributed by atoms with Gasteiger partial charge in [-0.1, -0.05) is 23.7 Å². The molecule has 0 aliphatic carbocycles. The van der Waals surface area contributed by atoms with E-state index in [4.69, 9.17) is 30.9 Å². The van der Waals surface area contributed by atoms with E-state index in [0.29, 0.717) is 58.5 Å². The molecule has 0 spiro atoms. The van der Waals surface area contributed by atoms with Crippen LogP contribution >= 0.6 is 11.6 Å². The summed E-state index contributed by atoms with van der Waals surface area (Å²) in [6, 6.07) is 15.4. The fourth-order valence-electron chi connectivity index (χ4n) is 3.81. The number of urea groups is 1. The van der Waals surface area contributed by atoms with E-state index < -0.39 is 6.03 Å². The Hall–Kier alpha value is -4.12. The van der Waals surface area contributed by atoms with Crippen molar-refractivity contribution >= 4 is 39.9 Å². The van der Waals surface area contributed by atoms with Crippen LogP contribution < -0.4 is 24.8 Å². The van der Waals surface area contributed by atoms with E-state index in [1.807, 2.05) is 30.1 Å². The molecule has 1 aromatic heterocycles. The van der Waals surface area contributed by atoms with Crippen LogP contribution in [0.25, 0.3) is 10.9 Å². The van der Waals surface area contributed by atoms with Crippen LogP contribution in [0.1, 0.15) is 5.56 Å². The summed E-state index contributed by atoms with van der Waals surface area (Å²) >= 11 is 6.44. The normalized spacial score (nSPS) is 10.9. The number of benzene rings is 3. The first-order valence-corrected chi connectivity index (χ1v) is 12.1. The van der Waals surface area contributed by atoms with Crippen LogP contribution in [0.3, 0.4) is 0 Å². The van der Waals surface area contributed by atoms with E-state index >= 15 is 0 Å². The van der Waals surface area contributed by atoms with Crippen LogP contribution in [0.5, 0.6) is 23.1 Å². The van der Waals surface area contributed by atoms with Gasteiger partial charge in [0.25, 0.3) is 0 Å². The highest BCUT2D eigenvalue weighted by atomic mass is 35.5. The number of carbonyl (C=O) groups excluding carboxylic acids is 1. The molecule has 3 aromatic carbocycles. The molecule has 1 heterocycles. The standard InChI is InChI=1S/C27H28ClN5O5/c1-33(9-10-34)15-17-5-4-6-18(11-17)31-27(35)32-22-8-7-19(12-21(22)28)38-26-20-13-24(36-2)25(37-3)14-23(20)29-16-30-26/h4-8,11-14,16,34H,9-10,15H2,1-3H3,(H2,31,32,35). The molecule has 2 amide bonds. The molecule has 4 aromatic rings. The number of hydrogen-bond acceptors (Lipinski definition) is 8. The zero-order valence-electron chi connectivity index (χ0n) is 21.2. The first-order chi connectivity index (χ1) is 18.4. The summed E-state index contributed by atoms with van der Waals surface area (Å²) in [6.45, 7) is 1.29. The number of amides is 2. The molecule has 0 saturated carbocycles. The SMILES string of the molecule is COc1cc2ncnc(Oc3ccc(NC(=O)Nc4cccc(CN(C)CCO)c4)c(Cl)c3)c2cc1OC. The summed E-state index contributed by atoms with van der Waals surface area (Å²) in [5.74, 6) is 1.80. The third kappa shape index (κ3) is 6.60. The summed E-state index contributed by atoms with van der Waals surface area (Å²) in [5, 5.41) is 15.6. The molecule has 11 heteroatoms. The number of hydrogen-bond donors (Lipinski definition) is 3. The van der Waals surface area contributed by atoms with E-state index in [-0.39, 0.29) is 11.6 Å². The van der Waals surface area contributed by atoms with Crippen LogP contribution in [0.2, 0.25) is 5.02 Å². The van der Waals surface area contributed by atoms with Crippen molar-refractivity contribution in [2.24, 2.45) is 0 Å². The maximum absolute atomic E-state index is 12.6. The largest absolute Gasteiger partial charge is 0.493 e. The van der Waals surface area contributed by atoms with Gasteiger partial charge in [-0.15, -0.1) is 0 Å². The highest BCUT2D eigenvalue weighted by molar-refractivity contribution is 6.34. The third-order valence-corrected chi connectivity index (χ3v) is 5.94. The molecular formula is C27H28ClN5O5. The van der Waals surface area contributed by atoms with Gasteiger partial charge < -0.3 is 30.0 Å². The van der Waals surface area contributed by atoms with Crippen molar-refractivity contribution in [3.8, 4) is 23.1 Å². The molecule has 10 nitrogen and oxygen atoms in total. The number of halogens is 1. The van der Waals surface area contributed by atoms with Gasteiger partial charge in [-0.3, -0.25) is 4.90 Å². The number of methoxy groups -OCH3 is 2. The molecule has 38 heavy (non-hydrogen) atoms. The van der Waals surface area contributed by atoms with Crippen molar-refractivity contribution in [1.29, 1.82) is 0 Å². The highest BCUT2D eigenvalue weighted by Crippen LogP contribution is 2.36. The molecular weight excluding hydrogens is 510 g/mol. The van der Waals surface area contributed by atoms with Gasteiger partial charge in [-0.25, -0.2) is 14.8 Å². The number of nitrogens with one attached hydrogen (secondary N) is 2. The lowest BCUT2D eigenvalue weighted by Crippen LogP contribution is -2.22. The van der Waals surface area contributed by atoms with Gasteiger partial charge >= 0.3 is 6.03 Å². The van der Waals surface area contributed by atoms with Gasteiger partial charge in [-0.2, -0.15) is 0 Å². The Morgan fingerprint density at radius 3 is 2.55 bits per heavy atom. The highest BCUT2D eigenvalue weighted by Gasteiger charge is 2.14. The number of anilines is 2. The van der Waals surface area contributed by atoms with Gasteiger partial charge in [-0.05, 0) is 42.9 Å². The van der Waals surface area contributed by atoms with Gasteiger partial charge in [0.1, 0.15) is 12.1 Å². The van der Waals surface area contributed by atoms with Gasteiger partial charge in [0.15, 0.2) is 11.5 Å². The van der Waals surface area contributed by atoms with Crippen molar-refractivity contribution in [1.82, 2.24) is 14.9 Å². The smallest absolute Gasteiger partial charge is 0.323 e. The molecule has 0 aliphatic heterocycles. The number of fused-ring (bicyclic) bond motifs is 1. The Morgan fingerprint density at radius 1 is 1.03 bits per heavy atom. The molecule has 0 radical (unpaired) electrons. The Morgan fingerprint density at radius 2 is 1.82 bits per heavy atom. The lowest BCUT2D eigenvalue weighted by atomic mass is 10.2. The maximum Gasteiger partial charge on any atom is 0.323 e. The zero-order chi connectivity index (χ0) is 27.1. The van der Waals surface area contributed by atoms with Crippen molar-refractivity contribution in [2.75, 3.05) is 45.1 Å². The van der Waals surface area contributed by atoms with Crippen molar-refractivity contribution in [3.63, 3.8) is 0 Å². The fraction of sp³-hybridized carbons (Fsp3) is 0.222. The first kappa shape index (κ1) is 26.9. The molecule has 0 atom stereocenters. The zero-order valence-corrected chi connectivity index (χ0v) is 22.0. The van der Waals surface area contributed by atoms with E-state index in [2.05, 4.69) is 20.6 Å². The second-order valence-corrected chi connectivity index (χ2v) is 8.79. The van der Waals surface area contributed by atoms with Crippen molar-refractivity contribution in [2.45, 2.75) is 6.54 Å². The van der Waals surface area contributed by atoms with Crippen LogP contribution in [-0.2, 0) is 6.54 Å². The van der Waals surface area contributed by atoms with E-state index in [1.54, 1.807) is 50.6 Å². The molecule has 0 fully saturated rings. The van der Waals surface area contributed by atoms with E-state index in [1.165, 1.54) is 6.33 Å². The molecule has 0 saturated heterocycles. The van der Waals surface area contributed by atoms with Crippen molar-refractivity contribution in [3.05, 3.63) is 71.5 Å². The van der Waals surface area contributed by atoms with E-state index in [0.717, 1.165) is 5.56 Å². The molecule has 3 N–H and O–H groups in total. The number of carbonyl (C=O) groups is 1.